The number of amides is 1. The van der Waals surface area contributed by atoms with Crippen LogP contribution in [0, 0.1) is 0 Å². The summed E-state index contributed by atoms with van der Waals surface area (Å²) in [6.45, 7) is 10.4. The molecule has 0 atom stereocenters. The van der Waals surface area contributed by atoms with Crippen LogP contribution in [-0.4, -0.2) is 87.3 Å². The molecule has 0 saturated carbocycles. The van der Waals surface area contributed by atoms with Gasteiger partial charge < -0.3 is 25.0 Å². The molecule has 2 heterocycles. The lowest BCUT2D eigenvalue weighted by molar-refractivity contribution is -0.128. The maximum atomic E-state index is 12.2. The number of morpholine rings is 1. The van der Waals surface area contributed by atoms with E-state index in [-0.39, 0.29) is 36.4 Å². The van der Waals surface area contributed by atoms with Crippen LogP contribution >= 0.6 is 24.0 Å². The molecule has 174 valence electrons. The first-order valence-electron chi connectivity index (χ1n) is 11.1. The van der Waals surface area contributed by atoms with Crippen LogP contribution in [0.1, 0.15) is 25.3 Å². The molecule has 2 N–H and O–H groups in total. The molecule has 0 radical (unpaired) electrons. The highest BCUT2D eigenvalue weighted by Crippen LogP contribution is 2.14. The molecule has 2 fully saturated rings. The Morgan fingerprint density at radius 1 is 1.16 bits per heavy atom. The number of rotatable bonds is 9. The smallest absolute Gasteiger partial charge is 0.241 e. The van der Waals surface area contributed by atoms with Crippen LogP contribution in [0.3, 0.4) is 0 Å². The van der Waals surface area contributed by atoms with Gasteiger partial charge in [-0.2, -0.15) is 0 Å². The molecule has 1 aromatic carbocycles. The molecule has 2 saturated heterocycles. The molecule has 0 spiro atoms. The zero-order chi connectivity index (χ0) is 21.0. The summed E-state index contributed by atoms with van der Waals surface area (Å²) in [6, 6.07) is 8.04. The zero-order valence-corrected chi connectivity index (χ0v) is 20.8. The summed E-state index contributed by atoms with van der Waals surface area (Å²) in [5.74, 6) is 1.65. The Kier molecular flexibility index (Phi) is 12.0. The van der Waals surface area contributed by atoms with E-state index < -0.39 is 0 Å². The van der Waals surface area contributed by atoms with Crippen LogP contribution in [0.2, 0.25) is 0 Å². The number of hydrogen-bond acceptors (Lipinski definition) is 5. The van der Waals surface area contributed by atoms with Gasteiger partial charge in [-0.3, -0.25) is 9.69 Å². The molecule has 8 nitrogen and oxygen atoms in total. The van der Waals surface area contributed by atoms with Gasteiger partial charge in [-0.1, -0.05) is 12.1 Å². The predicted molar refractivity (Wildman–Crippen MR) is 133 cm³/mol. The van der Waals surface area contributed by atoms with Gasteiger partial charge >= 0.3 is 0 Å². The topological polar surface area (TPSA) is 78.4 Å². The molecule has 31 heavy (non-hydrogen) atoms. The first-order chi connectivity index (χ1) is 14.7. The van der Waals surface area contributed by atoms with Crippen molar-refractivity contribution >= 4 is 35.8 Å². The third kappa shape index (κ3) is 9.20. The second-order valence-electron chi connectivity index (χ2n) is 7.59. The van der Waals surface area contributed by atoms with Crippen molar-refractivity contribution in [2.24, 2.45) is 4.99 Å². The molecule has 2 aliphatic rings. The monoisotopic (exact) mass is 545 g/mol. The number of benzene rings is 1. The Morgan fingerprint density at radius 2 is 1.94 bits per heavy atom. The number of guanidine groups is 1. The zero-order valence-electron chi connectivity index (χ0n) is 18.5. The van der Waals surface area contributed by atoms with Gasteiger partial charge in [0.15, 0.2) is 5.96 Å². The highest BCUT2D eigenvalue weighted by Gasteiger charge is 2.17. The van der Waals surface area contributed by atoms with Gasteiger partial charge in [0.1, 0.15) is 12.4 Å². The fourth-order valence-electron chi connectivity index (χ4n) is 3.60. The van der Waals surface area contributed by atoms with E-state index in [0.717, 1.165) is 76.6 Å². The van der Waals surface area contributed by atoms with Crippen molar-refractivity contribution < 1.29 is 14.3 Å². The normalized spacial score (nSPS) is 17.2. The minimum absolute atomic E-state index is 0. The number of hydrogen-bond donors (Lipinski definition) is 2. The first-order valence-corrected chi connectivity index (χ1v) is 11.1. The van der Waals surface area contributed by atoms with Crippen molar-refractivity contribution in [1.29, 1.82) is 0 Å². The number of nitrogens with one attached hydrogen (secondary N) is 2. The average molecular weight is 545 g/mol. The Hall–Kier alpha value is -1.59. The molecule has 0 aromatic heterocycles. The quantitative estimate of drug-likeness (QED) is 0.280. The third-order valence-corrected chi connectivity index (χ3v) is 5.31. The van der Waals surface area contributed by atoms with E-state index in [0.29, 0.717) is 19.1 Å². The van der Waals surface area contributed by atoms with Gasteiger partial charge in [-0.15, -0.1) is 24.0 Å². The van der Waals surface area contributed by atoms with Crippen LogP contribution in [0.25, 0.3) is 0 Å². The van der Waals surface area contributed by atoms with Gasteiger partial charge in [0.05, 0.1) is 26.3 Å². The number of halogens is 1. The number of aliphatic imine (C=N–C) groups is 1. The van der Waals surface area contributed by atoms with E-state index >= 15 is 0 Å². The molecule has 1 amide bonds. The molecule has 1 aromatic rings. The molecule has 0 bridgehead atoms. The first kappa shape index (κ1) is 25.7. The van der Waals surface area contributed by atoms with Crippen molar-refractivity contribution in [1.82, 2.24) is 20.4 Å². The Bertz CT molecular complexity index is 691. The second-order valence-corrected chi connectivity index (χ2v) is 7.59. The molecule has 0 aliphatic carbocycles. The summed E-state index contributed by atoms with van der Waals surface area (Å²) < 4.78 is 11.3. The standard InChI is InChI=1S/C22H35N5O3.HI/c1-2-23-22(25-18-21(28)27-8-3-4-9-27)24-17-19-6-5-7-20(16-19)30-15-12-26-10-13-29-14-11-26;/h5-7,16H,2-4,8-15,17-18H2,1H3,(H2,23,24,25);1H. The van der Waals surface area contributed by atoms with E-state index in [2.05, 4.69) is 20.5 Å². The summed E-state index contributed by atoms with van der Waals surface area (Å²) in [6.07, 6.45) is 2.20. The van der Waals surface area contributed by atoms with Gasteiger partial charge in [0.25, 0.3) is 0 Å². The molecule has 0 unspecified atom stereocenters. The molecule has 2 aliphatic heterocycles. The third-order valence-electron chi connectivity index (χ3n) is 5.31. The Morgan fingerprint density at radius 3 is 2.68 bits per heavy atom. The summed E-state index contributed by atoms with van der Waals surface area (Å²) in [5.41, 5.74) is 1.07. The van der Waals surface area contributed by atoms with Gasteiger partial charge in [0, 0.05) is 39.3 Å². The van der Waals surface area contributed by atoms with Gasteiger partial charge in [-0.25, -0.2) is 4.99 Å². The van der Waals surface area contributed by atoms with Crippen LogP contribution in [0.4, 0.5) is 0 Å². The van der Waals surface area contributed by atoms with E-state index in [9.17, 15) is 4.79 Å². The van der Waals surface area contributed by atoms with Gasteiger partial charge in [0.2, 0.25) is 5.91 Å². The fourth-order valence-corrected chi connectivity index (χ4v) is 3.60. The SMILES string of the molecule is CCNC(=NCc1cccc(OCCN2CCOCC2)c1)NCC(=O)N1CCCC1.I. The minimum Gasteiger partial charge on any atom is -0.492 e. The van der Waals surface area contributed by atoms with Crippen LogP contribution < -0.4 is 15.4 Å². The van der Waals surface area contributed by atoms with E-state index in [1.54, 1.807) is 0 Å². The average Bonchev–Trinajstić information content (AvgIpc) is 3.32. The van der Waals surface area contributed by atoms with E-state index in [4.69, 9.17) is 9.47 Å². The maximum Gasteiger partial charge on any atom is 0.241 e. The number of carbonyl (C=O) groups is 1. The Labute approximate surface area is 202 Å². The second kappa shape index (κ2) is 14.5. The highest BCUT2D eigenvalue weighted by atomic mass is 127. The molecule has 9 heteroatoms. The van der Waals surface area contributed by atoms with E-state index in [1.807, 2.05) is 36.1 Å². The lowest BCUT2D eigenvalue weighted by Gasteiger charge is -2.26. The summed E-state index contributed by atoms with van der Waals surface area (Å²) in [7, 11) is 0. The van der Waals surface area contributed by atoms with Crippen molar-refractivity contribution in [3.8, 4) is 5.75 Å². The number of likely N-dealkylation sites (tertiary alicyclic amines) is 1. The number of nitrogens with zero attached hydrogens (tertiary/aromatic N) is 3. The van der Waals surface area contributed by atoms with E-state index in [1.165, 1.54) is 0 Å². The summed E-state index contributed by atoms with van der Waals surface area (Å²) in [4.78, 5) is 21.1. The summed E-state index contributed by atoms with van der Waals surface area (Å²) >= 11 is 0. The van der Waals surface area contributed by atoms with Crippen molar-refractivity contribution in [2.75, 3.05) is 65.6 Å². The largest absolute Gasteiger partial charge is 0.492 e. The predicted octanol–water partition coefficient (Wildman–Crippen LogP) is 1.69. The highest BCUT2D eigenvalue weighted by molar-refractivity contribution is 14.0. The fraction of sp³-hybridized carbons (Fsp3) is 0.636. The minimum atomic E-state index is 0. The summed E-state index contributed by atoms with van der Waals surface area (Å²) in [5, 5.41) is 6.36. The number of carbonyl (C=O) groups excluding carboxylic acids is 1. The molecule has 3 rings (SSSR count). The molecular weight excluding hydrogens is 509 g/mol. The number of ether oxygens (including phenoxy) is 2. The van der Waals surface area contributed by atoms with Crippen LogP contribution in [0.5, 0.6) is 5.75 Å². The van der Waals surface area contributed by atoms with Crippen LogP contribution in [0.15, 0.2) is 29.3 Å². The van der Waals surface area contributed by atoms with Gasteiger partial charge in [-0.05, 0) is 37.5 Å². The van der Waals surface area contributed by atoms with Crippen molar-refractivity contribution in [3.63, 3.8) is 0 Å². The lowest BCUT2D eigenvalue weighted by Crippen LogP contribution is -2.44. The van der Waals surface area contributed by atoms with Crippen molar-refractivity contribution in [2.45, 2.75) is 26.3 Å². The van der Waals surface area contributed by atoms with Crippen LogP contribution in [-0.2, 0) is 16.1 Å². The Balaban J connectivity index is 0.00000341. The molecular formula is C22H36IN5O3. The van der Waals surface area contributed by atoms with Crippen molar-refractivity contribution in [3.05, 3.63) is 29.8 Å². The maximum absolute atomic E-state index is 12.2. The lowest BCUT2D eigenvalue weighted by atomic mass is 10.2.